The van der Waals surface area contributed by atoms with Crippen molar-refractivity contribution in [1.29, 1.82) is 0 Å². The summed E-state index contributed by atoms with van der Waals surface area (Å²) in [6.45, 7) is 7.46. The molecule has 0 aromatic heterocycles. The zero-order valence-electron chi connectivity index (χ0n) is 17.2. The standard InChI is InChI=1S/C21H31N5O2/c1-4-6-7-15-13-26-18(22-15)16-19(25(12-5-2)20(26)27)24-17(23-16)14-8-10-21(3,28)11-9-14/h8,15,22,28H,4-7,9-13H2,1-3H3/t15-,21?/m1/s1. The molecule has 0 bridgehead atoms. The summed E-state index contributed by atoms with van der Waals surface area (Å²) in [4.78, 5) is 22.8. The fourth-order valence-electron chi connectivity index (χ4n) is 4.25. The third-order valence-corrected chi connectivity index (χ3v) is 5.96. The Morgan fingerprint density at radius 2 is 2.14 bits per heavy atom. The van der Waals surface area contributed by atoms with Gasteiger partial charge in [-0.1, -0.05) is 32.8 Å². The zero-order valence-corrected chi connectivity index (χ0v) is 17.2. The minimum absolute atomic E-state index is 0.00264. The van der Waals surface area contributed by atoms with Crippen molar-refractivity contribution in [2.75, 3.05) is 5.32 Å². The summed E-state index contributed by atoms with van der Waals surface area (Å²) >= 11 is 0. The van der Waals surface area contributed by atoms with Gasteiger partial charge in [0.25, 0.3) is 0 Å². The molecule has 0 fully saturated rings. The van der Waals surface area contributed by atoms with Crippen molar-refractivity contribution in [1.82, 2.24) is 19.1 Å². The Morgan fingerprint density at radius 3 is 2.82 bits per heavy atom. The molecule has 2 atom stereocenters. The highest BCUT2D eigenvalue weighted by atomic mass is 16.3. The van der Waals surface area contributed by atoms with Crippen LogP contribution in [0.1, 0.15) is 71.5 Å². The number of unbranched alkanes of at least 4 members (excludes halogenated alkanes) is 1. The van der Waals surface area contributed by atoms with Gasteiger partial charge in [-0.3, -0.25) is 9.13 Å². The molecule has 4 rings (SSSR count). The van der Waals surface area contributed by atoms with Crippen LogP contribution in [0.5, 0.6) is 0 Å². The van der Waals surface area contributed by atoms with E-state index in [1.807, 2.05) is 17.6 Å². The highest BCUT2D eigenvalue weighted by Crippen LogP contribution is 2.36. The van der Waals surface area contributed by atoms with Crippen molar-refractivity contribution in [3.63, 3.8) is 0 Å². The van der Waals surface area contributed by atoms with E-state index in [-0.39, 0.29) is 11.7 Å². The van der Waals surface area contributed by atoms with Crippen LogP contribution in [0.3, 0.4) is 0 Å². The lowest BCUT2D eigenvalue weighted by Crippen LogP contribution is -2.32. The minimum atomic E-state index is -0.648. The minimum Gasteiger partial charge on any atom is -0.390 e. The van der Waals surface area contributed by atoms with Crippen molar-refractivity contribution in [3.05, 3.63) is 22.4 Å². The quantitative estimate of drug-likeness (QED) is 0.797. The van der Waals surface area contributed by atoms with Crippen molar-refractivity contribution in [3.8, 4) is 11.5 Å². The normalized spacial score (nSPS) is 24.3. The number of rotatable bonds is 6. The third kappa shape index (κ3) is 3.36. The van der Waals surface area contributed by atoms with Gasteiger partial charge in [0, 0.05) is 19.1 Å². The largest absolute Gasteiger partial charge is 0.390 e. The van der Waals surface area contributed by atoms with Gasteiger partial charge in [-0.2, -0.15) is 0 Å². The van der Waals surface area contributed by atoms with Crippen LogP contribution in [0, 0.1) is 0 Å². The molecule has 7 heteroatoms. The van der Waals surface area contributed by atoms with Crippen molar-refractivity contribution < 1.29 is 5.11 Å². The first-order valence-electron chi connectivity index (χ1n) is 10.6. The van der Waals surface area contributed by atoms with Gasteiger partial charge in [-0.25, -0.2) is 14.8 Å². The number of fused-ring (bicyclic) bond motifs is 3. The predicted octanol–water partition coefficient (Wildman–Crippen LogP) is 3.26. The van der Waals surface area contributed by atoms with Gasteiger partial charge in [-0.05, 0) is 44.6 Å². The van der Waals surface area contributed by atoms with E-state index in [1.165, 1.54) is 0 Å². The van der Waals surface area contributed by atoms with Gasteiger partial charge < -0.3 is 10.4 Å². The molecule has 28 heavy (non-hydrogen) atoms. The maximum absolute atomic E-state index is 13.1. The number of aliphatic hydroxyl groups is 1. The molecule has 3 heterocycles. The molecule has 4 aliphatic rings. The first kappa shape index (κ1) is 19.2. The molecule has 2 N–H and O–H groups in total. The Hall–Kier alpha value is -2.15. The molecule has 0 aromatic rings. The lowest BCUT2D eigenvalue weighted by molar-refractivity contribution is 0.0523. The van der Waals surface area contributed by atoms with E-state index >= 15 is 0 Å². The number of aromatic nitrogens is 4. The summed E-state index contributed by atoms with van der Waals surface area (Å²) < 4.78 is 3.62. The topological polar surface area (TPSA) is 85.0 Å². The molecule has 0 radical (unpaired) electrons. The van der Waals surface area contributed by atoms with Crippen molar-refractivity contribution >= 4 is 11.4 Å². The van der Waals surface area contributed by atoms with Gasteiger partial charge in [0.05, 0.1) is 5.60 Å². The lowest BCUT2D eigenvalue weighted by atomic mass is 9.87. The summed E-state index contributed by atoms with van der Waals surface area (Å²) in [6.07, 6.45) is 8.32. The number of nitrogens with one attached hydrogen (secondary N) is 1. The molecule has 0 aromatic carbocycles. The summed E-state index contributed by atoms with van der Waals surface area (Å²) in [7, 11) is 0. The predicted molar refractivity (Wildman–Crippen MR) is 111 cm³/mol. The van der Waals surface area contributed by atoms with Crippen LogP contribution in [0.2, 0.25) is 0 Å². The van der Waals surface area contributed by atoms with E-state index in [9.17, 15) is 9.90 Å². The van der Waals surface area contributed by atoms with Gasteiger partial charge in [0.1, 0.15) is 11.5 Å². The smallest absolute Gasteiger partial charge is 0.331 e. The van der Waals surface area contributed by atoms with Gasteiger partial charge in [-0.15, -0.1) is 0 Å². The molecular weight excluding hydrogens is 354 g/mol. The Morgan fingerprint density at radius 1 is 1.32 bits per heavy atom. The summed E-state index contributed by atoms with van der Waals surface area (Å²) in [5.41, 5.74) is 1.21. The average Bonchev–Trinajstić information content (AvgIpc) is 3.28. The average molecular weight is 386 g/mol. The number of imidazole rings is 1. The van der Waals surface area contributed by atoms with Crippen LogP contribution in [0.25, 0.3) is 17.1 Å². The second kappa shape index (κ2) is 7.35. The Balaban J connectivity index is 1.77. The van der Waals surface area contributed by atoms with E-state index in [4.69, 9.17) is 9.97 Å². The summed E-state index contributed by atoms with van der Waals surface area (Å²) in [5.74, 6) is 2.19. The molecular formula is C21H31N5O2. The van der Waals surface area contributed by atoms with Crippen LogP contribution in [0.15, 0.2) is 10.9 Å². The van der Waals surface area contributed by atoms with Crippen LogP contribution in [-0.4, -0.2) is 35.9 Å². The second-order valence-electron chi connectivity index (χ2n) is 8.53. The molecule has 7 nitrogen and oxygen atoms in total. The fourth-order valence-corrected chi connectivity index (χ4v) is 4.25. The fraction of sp³-hybridized carbons (Fsp3) is 0.667. The monoisotopic (exact) mass is 385 g/mol. The van der Waals surface area contributed by atoms with Crippen LogP contribution in [0.4, 0.5) is 5.82 Å². The van der Waals surface area contributed by atoms with E-state index < -0.39 is 5.60 Å². The van der Waals surface area contributed by atoms with Crippen molar-refractivity contribution in [2.24, 2.45) is 0 Å². The SMILES string of the molecule is CCCC[C@@H]1Cn2c(c3nc(C4=CCC(C)(O)CC4)nc-3n(CCC)c2=O)N1. The van der Waals surface area contributed by atoms with E-state index in [2.05, 4.69) is 19.2 Å². The third-order valence-electron chi connectivity index (χ3n) is 5.96. The summed E-state index contributed by atoms with van der Waals surface area (Å²) in [5, 5.41) is 13.8. The molecule has 0 spiro atoms. The highest BCUT2D eigenvalue weighted by molar-refractivity contribution is 5.74. The zero-order chi connectivity index (χ0) is 19.9. The van der Waals surface area contributed by atoms with Crippen LogP contribution < -0.4 is 11.0 Å². The second-order valence-corrected chi connectivity index (χ2v) is 8.53. The van der Waals surface area contributed by atoms with Gasteiger partial charge >= 0.3 is 5.69 Å². The Kier molecular flexibility index (Phi) is 5.04. The Bertz CT molecular complexity index is 924. The number of allylic oxidation sites excluding steroid dienone is 1. The molecule has 0 amide bonds. The number of anilines is 1. The van der Waals surface area contributed by atoms with E-state index in [0.29, 0.717) is 37.6 Å². The number of hydrogen-bond acceptors (Lipinski definition) is 5. The maximum atomic E-state index is 13.1. The molecule has 3 aliphatic heterocycles. The number of hydrogen-bond donors (Lipinski definition) is 2. The van der Waals surface area contributed by atoms with Gasteiger partial charge in [0.2, 0.25) is 0 Å². The Labute approximate surface area is 165 Å². The first-order chi connectivity index (χ1) is 13.4. The molecule has 1 aliphatic carbocycles. The lowest BCUT2D eigenvalue weighted by Gasteiger charge is -2.26. The summed E-state index contributed by atoms with van der Waals surface area (Å²) in [6, 6.07) is 0.275. The van der Waals surface area contributed by atoms with E-state index in [1.54, 1.807) is 4.57 Å². The van der Waals surface area contributed by atoms with E-state index in [0.717, 1.165) is 49.2 Å². The van der Waals surface area contributed by atoms with Crippen LogP contribution in [-0.2, 0) is 13.1 Å². The molecule has 0 saturated heterocycles. The number of nitrogens with zero attached hydrogens (tertiary/aromatic N) is 4. The van der Waals surface area contributed by atoms with Gasteiger partial charge in [0.15, 0.2) is 11.6 Å². The highest BCUT2D eigenvalue weighted by Gasteiger charge is 2.32. The molecule has 1 unspecified atom stereocenters. The molecule has 0 saturated carbocycles. The van der Waals surface area contributed by atoms with Crippen LogP contribution >= 0.6 is 0 Å². The van der Waals surface area contributed by atoms with Crippen molar-refractivity contribution in [2.45, 2.75) is 90.4 Å². The molecule has 152 valence electrons. The first-order valence-corrected chi connectivity index (χ1v) is 10.6. The maximum Gasteiger partial charge on any atom is 0.331 e.